The van der Waals surface area contributed by atoms with E-state index in [1.807, 2.05) is 0 Å². The van der Waals surface area contributed by atoms with E-state index in [9.17, 15) is 9.59 Å². The monoisotopic (exact) mass is 283 g/mol. The maximum atomic E-state index is 12.1. The topological polar surface area (TPSA) is 105 Å². The van der Waals surface area contributed by atoms with Crippen molar-refractivity contribution in [1.82, 2.24) is 10.3 Å². The van der Waals surface area contributed by atoms with E-state index in [2.05, 4.69) is 10.3 Å². The summed E-state index contributed by atoms with van der Waals surface area (Å²) in [7, 11) is 0. The summed E-state index contributed by atoms with van der Waals surface area (Å²) in [5, 5.41) is 13.5. The van der Waals surface area contributed by atoms with E-state index in [1.165, 1.54) is 16.7 Å². The van der Waals surface area contributed by atoms with Crippen LogP contribution < -0.4 is 11.1 Å². The average Bonchev–Trinajstić information content (AvgIpc) is 2.85. The molecule has 1 aromatic heterocycles. The van der Waals surface area contributed by atoms with Crippen LogP contribution in [0.15, 0.2) is 5.38 Å². The molecule has 6 nitrogen and oxygen atoms in total. The van der Waals surface area contributed by atoms with Crippen LogP contribution in [0, 0.1) is 0 Å². The van der Waals surface area contributed by atoms with Gasteiger partial charge in [-0.25, -0.2) is 9.78 Å². The molecule has 19 heavy (non-hydrogen) atoms. The molecule has 0 aliphatic heterocycles. The SMILES string of the molecule is NC1(C(=O)NCc2nc(C(=O)O)cs2)CCCCC1. The second kappa shape index (κ2) is 5.66. The molecule has 1 saturated carbocycles. The second-order valence-corrected chi connectivity index (χ2v) is 5.77. The van der Waals surface area contributed by atoms with Crippen LogP contribution in [-0.2, 0) is 11.3 Å². The van der Waals surface area contributed by atoms with Crippen molar-refractivity contribution >= 4 is 23.2 Å². The molecule has 1 aliphatic carbocycles. The Morgan fingerprint density at radius 3 is 2.68 bits per heavy atom. The molecule has 0 saturated heterocycles. The second-order valence-electron chi connectivity index (χ2n) is 4.83. The zero-order valence-electron chi connectivity index (χ0n) is 10.5. The highest BCUT2D eigenvalue weighted by Gasteiger charge is 2.35. The van der Waals surface area contributed by atoms with Gasteiger partial charge in [-0.1, -0.05) is 19.3 Å². The minimum absolute atomic E-state index is 0.00868. The van der Waals surface area contributed by atoms with Crippen LogP contribution in [0.3, 0.4) is 0 Å². The van der Waals surface area contributed by atoms with Crippen molar-refractivity contribution < 1.29 is 14.7 Å². The van der Waals surface area contributed by atoms with E-state index in [4.69, 9.17) is 10.8 Å². The fraction of sp³-hybridized carbons (Fsp3) is 0.583. The summed E-state index contributed by atoms with van der Waals surface area (Å²) >= 11 is 1.22. The molecule has 1 aliphatic rings. The number of carboxylic acid groups (broad SMARTS) is 1. The maximum Gasteiger partial charge on any atom is 0.355 e. The number of carboxylic acids is 1. The van der Waals surface area contributed by atoms with Gasteiger partial charge >= 0.3 is 5.97 Å². The summed E-state index contributed by atoms with van der Waals surface area (Å²) in [6.07, 6.45) is 4.49. The number of nitrogens with one attached hydrogen (secondary N) is 1. The fourth-order valence-electron chi connectivity index (χ4n) is 2.23. The maximum absolute atomic E-state index is 12.1. The summed E-state index contributed by atoms with van der Waals surface area (Å²) in [4.78, 5) is 26.7. The number of carbonyl (C=O) groups excluding carboxylic acids is 1. The fourth-order valence-corrected chi connectivity index (χ4v) is 2.94. The Morgan fingerprint density at radius 2 is 2.11 bits per heavy atom. The molecule has 0 radical (unpaired) electrons. The first-order chi connectivity index (χ1) is 9.01. The molecule has 1 heterocycles. The van der Waals surface area contributed by atoms with Gasteiger partial charge in [0.15, 0.2) is 5.69 Å². The van der Waals surface area contributed by atoms with Crippen LogP contribution in [0.5, 0.6) is 0 Å². The average molecular weight is 283 g/mol. The summed E-state index contributed by atoms with van der Waals surface area (Å²) < 4.78 is 0. The molecule has 104 valence electrons. The highest BCUT2D eigenvalue weighted by atomic mass is 32.1. The highest BCUT2D eigenvalue weighted by molar-refractivity contribution is 7.09. The summed E-state index contributed by atoms with van der Waals surface area (Å²) in [5.41, 5.74) is 5.33. The van der Waals surface area contributed by atoms with E-state index in [1.54, 1.807) is 0 Å². The van der Waals surface area contributed by atoms with Gasteiger partial charge in [-0.15, -0.1) is 11.3 Å². The zero-order valence-corrected chi connectivity index (χ0v) is 11.3. The molecule has 0 spiro atoms. The van der Waals surface area contributed by atoms with Gasteiger partial charge < -0.3 is 16.2 Å². The van der Waals surface area contributed by atoms with Crippen LogP contribution in [0.2, 0.25) is 0 Å². The smallest absolute Gasteiger partial charge is 0.355 e. The lowest BCUT2D eigenvalue weighted by molar-refractivity contribution is -0.127. The summed E-state index contributed by atoms with van der Waals surface area (Å²) in [5.74, 6) is -1.23. The normalized spacial score (nSPS) is 17.9. The van der Waals surface area contributed by atoms with Crippen molar-refractivity contribution in [2.75, 3.05) is 0 Å². The van der Waals surface area contributed by atoms with Gasteiger partial charge in [-0.2, -0.15) is 0 Å². The number of hydrogen-bond donors (Lipinski definition) is 3. The van der Waals surface area contributed by atoms with Crippen LogP contribution in [0.25, 0.3) is 0 Å². The Labute approximate surface area is 115 Å². The number of carbonyl (C=O) groups is 2. The molecule has 0 atom stereocenters. The lowest BCUT2D eigenvalue weighted by atomic mass is 9.82. The third kappa shape index (κ3) is 3.30. The number of amides is 1. The first kappa shape index (κ1) is 14.0. The molecule has 2 rings (SSSR count). The van der Waals surface area contributed by atoms with Crippen molar-refractivity contribution in [2.24, 2.45) is 5.73 Å². The largest absolute Gasteiger partial charge is 0.476 e. The Bertz CT molecular complexity index is 480. The number of hydrogen-bond acceptors (Lipinski definition) is 5. The van der Waals surface area contributed by atoms with Gasteiger partial charge in [0.25, 0.3) is 0 Å². The molecule has 0 unspecified atom stereocenters. The molecule has 0 bridgehead atoms. The predicted octanol–water partition coefficient (Wildman–Crippen LogP) is 1.12. The van der Waals surface area contributed by atoms with Gasteiger partial charge in [-0.3, -0.25) is 4.79 Å². The third-order valence-corrected chi connectivity index (χ3v) is 4.22. The van der Waals surface area contributed by atoms with Crippen molar-refractivity contribution in [3.63, 3.8) is 0 Å². The van der Waals surface area contributed by atoms with Crippen LogP contribution in [-0.4, -0.2) is 27.5 Å². The van der Waals surface area contributed by atoms with Gasteiger partial charge in [0.05, 0.1) is 12.1 Å². The summed E-state index contributed by atoms with van der Waals surface area (Å²) in [6.45, 7) is 0.232. The van der Waals surface area contributed by atoms with E-state index < -0.39 is 11.5 Å². The Hall–Kier alpha value is -1.47. The highest BCUT2D eigenvalue weighted by Crippen LogP contribution is 2.26. The van der Waals surface area contributed by atoms with E-state index in [0.29, 0.717) is 17.8 Å². The molecule has 1 amide bonds. The molecule has 4 N–H and O–H groups in total. The van der Waals surface area contributed by atoms with Crippen molar-refractivity contribution in [3.8, 4) is 0 Å². The Morgan fingerprint density at radius 1 is 1.42 bits per heavy atom. The van der Waals surface area contributed by atoms with Crippen LogP contribution in [0.1, 0.15) is 47.6 Å². The quantitative estimate of drug-likeness (QED) is 0.768. The first-order valence-electron chi connectivity index (χ1n) is 6.26. The lowest BCUT2D eigenvalue weighted by Gasteiger charge is -2.31. The van der Waals surface area contributed by atoms with Crippen molar-refractivity contribution in [2.45, 2.75) is 44.2 Å². The standard InChI is InChI=1S/C12H17N3O3S/c13-12(4-2-1-3-5-12)11(18)14-6-9-15-8(7-19-9)10(16)17/h7H,1-6,13H2,(H,14,18)(H,16,17). The Kier molecular flexibility index (Phi) is 4.16. The van der Waals surface area contributed by atoms with Crippen LogP contribution in [0.4, 0.5) is 0 Å². The minimum Gasteiger partial charge on any atom is -0.476 e. The number of nitrogens with two attached hydrogens (primary N) is 1. The number of rotatable bonds is 4. The number of aromatic carboxylic acids is 1. The van der Waals surface area contributed by atoms with Gasteiger partial charge in [0, 0.05) is 5.38 Å². The van der Waals surface area contributed by atoms with Gasteiger partial charge in [-0.05, 0) is 12.8 Å². The molecule has 0 aromatic carbocycles. The number of thiazole rings is 1. The zero-order chi connectivity index (χ0) is 13.9. The van der Waals surface area contributed by atoms with Crippen molar-refractivity contribution in [3.05, 3.63) is 16.1 Å². The van der Waals surface area contributed by atoms with Gasteiger partial charge in [0.1, 0.15) is 5.01 Å². The predicted molar refractivity (Wildman–Crippen MR) is 70.9 cm³/mol. The van der Waals surface area contributed by atoms with Gasteiger partial charge in [0.2, 0.25) is 5.91 Å². The lowest BCUT2D eigenvalue weighted by Crippen LogP contribution is -2.54. The van der Waals surface area contributed by atoms with E-state index in [-0.39, 0.29) is 18.1 Å². The molecule has 7 heteroatoms. The number of nitrogens with zero attached hydrogens (tertiary/aromatic N) is 1. The molecular weight excluding hydrogens is 266 g/mol. The molecular formula is C12H17N3O3S. The minimum atomic E-state index is -1.06. The molecule has 1 aromatic rings. The summed E-state index contributed by atoms with van der Waals surface area (Å²) in [6, 6.07) is 0. The number of aromatic nitrogens is 1. The molecule has 1 fully saturated rings. The van der Waals surface area contributed by atoms with E-state index in [0.717, 1.165) is 19.3 Å². The first-order valence-corrected chi connectivity index (χ1v) is 7.14. The van der Waals surface area contributed by atoms with Crippen molar-refractivity contribution in [1.29, 1.82) is 0 Å². The van der Waals surface area contributed by atoms with Crippen LogP contribution >= 0.6 is 11.3 Å². The third-order valence-electron chi connectivity index (χ3n) is 3.37. The Balaban J connectivity index is 1.90. The van der Waals surface area contributed by atoms with E-state index >= 15 is 0 Å².